The Bertz CT molecular complexity index is 519. The van der Waals surface area contributed by atoms with Crippen molar-refractivity contribution in [3.63, 3.8) is 0 Å². The molecular formula is C13H11BrFNO2. The van der Waals surface area contributed by atoms with Crippen LogP contribution in [0, 0.1) is 0 Å². The molecule has 0 saturated heterocycles. The van der Waals surface area contributed by atoms with Crippen LogP contribution in [-0.2, 0) is 0 Å². The SMILES string of the molecule is C/C(CBr)=C(/F)CN1C(=O)c2ccccc2C1=O. The third-order valence-electron chi connectivity index (χ3n) is 2.84. The van der Waals surface area contributed by atoms with Crippen molar-refractivity contribution in [2.75, 3.05) is 11.9 Å². The lowest BCUT2D eigenvalue weighted by Crippen LogP contribution is -2.31. The van der Waals surface area contributed by atoms with Gasteiger partial charge in [0.25, 0.3) is 11.8 Å². The molecule has 1 aromatic carbocycles. The minimum absolute atomic E-state index is 0.302. The Hall–Kier alpha value is -1.49. The topological polar surface area (TPSA) is 37.4 Å². The zero-order chi connectivity index (χ0) is 13.3. The van der Waals surface area contributed by atoms with Crippen LogP contribution in [0.2, 0.25) is 0 Å². The number of amides is 2. The molecule has 5 heteroatoms. The Morgan fingerprint density at radius 2 is 1.72 bits per heavy atom. The van der Waals surface area contributed by atoms with Gasteiger partial charge < -0.3 is 0 Å². The molecule has 0 N–H and O–H groups in total. The molecule has 0 aromatic heterocycles. The largest absolute Gasteiger partial charge is 0.269 e. The van der Waals surface area contributed by atoms with E-state index in [1.54, 1.807) is 31.2 Å². The number of hydrogen-bond donors (Lipinski definition) is 0. The minimum atomic E-state index is -0.457. The monoisotopic (exact) mass is 311 g/mol. The number of hydrogen-bond acceptors (Lipinski definition) is 2. The van der Waals surface area contributed by atoms with Crippen LogP contribution >= 0.6 is 15.9 Å². The zero-order valence-corrected chi connectivity index (χ0v) is 11.3. The molecule has 1 aliphatic heterocycles. The first-order valence-corrected chi connectivity index (χ1v) is 6.53. The first-order valence-electron chi connectivity index (χ1n) is 5.41. The number of nitrogens with zero attached hydrogens (tertiary/aromatic N) is 1. The van der Waals surface area contributed by atoms with Gasteiger partial charge in [0, 0.05) is 5.33 Å². The highest BCUT2D eigenvalue weighted by Gasteiger charge is 2.35. The van der Waals surface area contributed by atoms with Gasteiger partial charge in [-0.1, -0.05) is 28.1 Å². The molecule has 0 radical (unpaired) electrons. The van der Waals surface area contributed by atoms with Crippen LogP contribution in [-0.4, -0.2) is 28.6 Å². The van der Waals surface area contributed by atoms with Gasteiger partial charge in [-0.3, -0.25) is 14.5 Å². The second kappa shape index (κ2) is 5.02. The quantitative estimate of drug-likeness (QED) is 0.636. The van der Waals surface area contributed by atoms with Crippen molar-refractivity contribution in [1.82, 2.24) is 4.90 Å². The molecule has 0 saturated carbocycles. The van der Waals surface area contributed by atoms with E-state index in [9.17, 15) is 14.0 Å². The number of carbonyl (C=O) groups excluding carboxylic acids is 2. The van der Waals surface area contributed by atoms with Crippen LogP contribution in [0.1, 0.15) is 27.6 Å². The highest BCUT2D eigenvalue weighted by atomic mass is 79.9. The summed E-state index contributed by atoms with van der Waals surface area (Å²) < 4.78 is 13.7. The van der Waals surface area contributed by atoms with Crippen LogP contribution < -0.4 is 0 Å². The summed E-state index contributed by atoms with van der Waals surface area (Å²) in [6, 6.07) is 6.52. The maximum absolute atomic E-state index is 13.7. The Balaban J connectivity index is 2.30. The summed E-state index contributed by atoms with van der Waals surface area (Å²) in [6.45, 7) is 1.31. The Kier molecular flexibility index (Phi) is 3.61. The first-order chi connectivity index (χ1) is 8.56. The molecule has 18 heavy (non-hydrogen) atoms. The predicted molar refractivity (Wildman–Crippen MR) is 69.4 cm³/mol. The second-order valence-corrected chi connectivity index (χ2v) is 4.62. The van der Waals surface area contributed by atoms with E-state index in [1.165, 1.54) is 0 Å². The fourth-order valence-electron chi connectivity index (χ4n) is 1.73. The average molecular weight is 312 g/mol. The van der Waals surface area contributed by atoms with Crippen LogP contribution in [0.3, 0.4) is 0 Å². The summed E-state index contributed by atoms with van der Waals surface area (Å²) in [7, 11) is 0. The lowest BCUT2D eigenvalue weighted by Gasteiger charge is -2.13. The van der Waals surface area contributed by atoms with E-state index < -0.39 is 17.6 Å². The fraction of sp³-hybridized carbons (Fsp3) is 0.231. The van der Waals surface area contributed by atoms with Gasteiger partial charge in [-0.05, 0) is 24.6 Å². The van der Waals surface area contributed by atoms with Crippen molar-refractivity contribution in [3.05, 3.63) is 46.8 Å². The molecule has 94 valence electrons. The third-order valence-corrected chi connectivity index (χ3v) is 3.68. The van der Waals surface area contributed by atoms with Crippen molar-refractivity contribution >= 4 is 27.7 Å². The molecule has 0 bridgehead atoms. The molecule has 1 aromatic rings. The van der Waals surface area contributed by atoms with Gasteiger partial charge in [-0.25, -0.2) is 4.39 Å². The number of rotatable bonds is 3. The Labute approximate surface area is 112 Å². The van der Waals surface area contributed by atoms with Crippen molar-refractivity contribution in [1.29, 1.82) is 0 Å². The molecular weight excluding hydrogens is 301 g/mol. The predicted octanol–water partition coefficient (Wildman–Crippen LogP) is 2.92. The Morgan fingerprint density at radius 3 is 2.17 bits per heavy atom. The number of alkyl halides is 1. The maximum atomic E-state index is 13.7. The number of halogens is 2. The molecule has 1 heterocycles. The van der Waals surface area contributed by atoms with E-state index >= 15 is 0 Å². The van der Waals surface area contributed by atoms with E-state index in [0.717, 1.165) is 4.90 Å². The minimum Gasteiger partial charge on any atom is -0.269 e. The lowest BCUT2D eigenvalue weighted by atomic mass is 10.1. The highest BCUT2D eigenvalue weighted by molar-refractivity contribution is 9.09. The van der Waals surface area contributed by atoms with Gasteiger partial charge >= 0.3 is 0 Å². The second-order valence-electron chi connectivity index (χ2n) is 4.06. The molecule has 2 rings (SSSR count). The molecule has 0 spiro atoms. The number of imide groups is 1. The summed E-state index contributed by atoms with van der Waals surface area (Å²) in [5.41, 5.74) is 1.16. The highest BCUT2D eigenvalue weighted by Crippen LogP contribution is 2.24. The standard InChI is InChI=1S/C13H11BrFNO2/c1-8(6-14)11(15)7-16-12(17)9-4-2-3-5-10(9)13(16)18/h2-5H,6-7H2,1H3/b11-8-. The number of benzene rings is 1. The van der Waals surface area contributed by atoms with Crippen LogP contribution in [0.4, 0.5) is 4.39 Å². The van der Waals surface area contributed by atoms with E-state index in [-0.39, 0.29) is 6.54 Å². The van der Waals surface area contributed by atoms with Gasteiger partial charge in [0.05, 0.1) is 17.7 Å². The molecule has 3 nitrogen and oxygen atoms in total. The molecule has 0 unspecified atom stereocenters. The smallest absolute Gasteiger partial charge is 0.261 e. The summed E-state index contributed by atoms with van der Waals surface area (Å²) in [5.74, 6) is -1.33. The summed E-state index contributed by atoms with van der Waals surface area (Å²) >= 11 is 3.14. The summed E-state index contributed by atoms with van der Waals surface area (Å²) in [6.07, 6.45) is 0. The van der Waals surface area contributed by atoms with E-state index in [4.69, 9.17) is 0 Å². The van der Waals surface area contributed by atoms with Crippen LogP contribution in [0.5, 0.6) is 0 Å². The first kappa shape index (κ1) is 13.0. The summed E-state index contributed by atoms with van der Waals surface area (Å²) in [4.78, 5) is 24.9. The normalized spacial score (nSPS) is 15.8. The molecule has 2 amide bonds. The van der Waals surface area contributed by atoms with Crippen molar-refractivity contribution < 1.29 is 14.0 Å². The van der Waals surface area contributed by atoms with Gasteiger partial charge in [0.15, 0.2) is 0 Å². The Morgan fingerprint density at radius 1 is 1.22 bits per heavy atom. The van der Waals surface area contributed by atoms with E-state index in [2.05, 4.69) is 15.9 Å². The van der Waals surface area contributed by atoms with Crippen molar-refractivity contribution in [2.45, 2.75) is 6.92 Å². The molecule has 0 fully saturated rings. The van der Waals surface area contributed by atoms with E-state index in [0.29, 0.717) is 22.0 Å². The summed E-state index contributed by atoms with van der Waals surface area (Å²) in [5, 5.41) is 0.377. The van der Waals surface area contributed by atoms with Crippen LogP contribution in [0.25, 0.3) is 0 Å². The molecule has 0 atom stereocenters. The number of carbonyl (C=O) groups is 2. The van der Waals surface area contributed by atoms with Gasteiger partial charge in [-0.2, -0.15) is 0 Å². The lowest BCUT2D eigenvalue weighted by molar-refractivity contribution is 0.0659. The zero-order valence-electron chi connectivity index (χ0n) is 9.74. The maximum Gasteiger partial charge on any atom is 0.261 e. The van der Waals surface area contributed by atoms with Crippen LogP contribution in [0.15, 0.2) is 35.7 Å². The fourth-order valence-corrected chi connectivity index (χ4v) is 2.03. The van der Waals surface area contributed by atoms with Crippen molar-refractivity contribution in [2.24, 2.45) is 0 Å². The van der Waals surface area contributed by atoms with E-state index in [1.807, 2.05) is 0 Å². The molecule has 1 aliphatic rings. The molecule has 0 aliphatic carbocycles. The van der Waals surface area contributed by atoms with Crippen molar-refractivity contribution in [3.8, 4) is 0 Å². The van der Waals surface area contributed by atoms with Gasteiger partial charge in [-0.15, -0.1) is 0 Å². The third kappa shape index (κ3) is 2.10. The average Bonchev–Trinajstić information content (AvgIpc) is 2.63. The van der Waals surface area contributed by atoms with Gasteiger partial charge in [0.2, 0.25) is 0 Å². The number of allylic oxidation sites excluding steroid dienone is 1. The number of fused-ring (bicyclic) bond motifs is 1. The van der Waals surface area contributed by atoms with Gasteiger partial charge in [0.1, 0.15) is 5.83 Å².